The Morgan fingerprint density at radius 3 is 3.17 bits per heavy atom. The number of hydrogen-bond acceptors (Lipinski definition) is 4. The van der Waals surface area contributed by atoms with Gasteiger partial charge in [0.05, 0.1) is 6.61 Å². The third kappa shape index (κ3) is 1.35. The van der Waals surface area contributed by atoms with Gasteiger partial charge in [0, 0.05) is 6.92 Å². The lowest BCUT2D eigenvalue weighted by molar-refractivity contribution is -0.167. The van der Waals surface area contributed by atoms with E-state index in [9.17, 15) is 4.79 Å². The van der Waals surface area contributed by atoms with Crippen LogP contribution in [0, 0.1) is 0 Å². The van der Waals surface area contributed by atoms with E-state index in [4.69, 9.17) is 14.2 Å². The van der Waals surface area contributed by atoms with Crippen LogP contribution in [0.15, 0.2) is 12.2 Å². The zero-order chi connectivity index (χ0) is 8.55. The first kappa shape index (κ1) is 7.76. The van der Waals surface area contributed by atoms with E-state index in [1.807, 2.05) is 12.2 Å². The van der Waals surface area contributed by atoms with Gasteiger partial charge in [-0.1, -0.05) is 6.08 Å². The van der Waals surface area contributed by atoms with Crippen LogP contribution in [0.2, 0.25) is 0 Å². The number of hydrogen-bond donors (Lipinski definition) is 0. The largest absolute Gasteiger partial charge is 0.453 e. The highest BCUT2D eigenvalue weighted by Crippen LogP contribution is 2.23. The molecule has 3 atom stereocenters. The van der Waals surface area contributed by atoms with Crippen molar-refractivity contribution in [2.75, 3.05) is 6.61 Å². The molecule has 0 aromatic rings. The number of esters is 1. The smallest absolute Gasteiger partial charge is 0.303 e. The summed E-state index contributed by atoms with van der Waals surface area (Å²) >= 11 is 0. The highest BCUT2D eigenvalue weighted by atomic mass is 16.7. The Hall–Kier alpha value is -0.870. The van der Waals surface area contributed by atoms with Gasteiger partial charge in [-0.15, -0.1) is 0 Å². The summed E-state index contributed by atoms with van der Waals surface area (Å²) in [6, 6.07) is 0. The van der Waals surface area contributed by atoms with E-state index >= 15 is 0 Å². The number of rotatable bonds is 1. The van der Waals surface area contributed by atoms with Gasteiger partial charge in [0.2, 0.25) is 0 Å². The average Bonchev–Trinajstić information content (AvgIpc) is 2.39. The van der Waals surface area contributed by atoms with Crippen LogP contribution < -0.4 is 0 Å². The van der Waals surface area contributed by atoms with Crippen molar-refractivity contribution in [1.29, 1.82) is 0 Å². The normalized spacial score (nSPS) is 38.2. The Bertz CT molecular complexity index is 223. The molecular weight excluding hydrogens is 160 g/mol. The summed E-state index contributed by atoms with van der Waals surface area (Å²) in [6.07, 6.45) is 2.94. The second kappa shape index (κ2) is 2.88. The lowest BCUT2D eigenvalue weighted by Crippen LogP contribution is -2.32. The molecule has 2 heterocycles. The van der Waals surface area contributed by atoms with Gasteiger partial charge in [-0.05, 0) is 6.08 Å². The van der Waals surface area contributed by atoms with Crippen LogP contribution in [-0.2, 0) is 19.0 Å². The van der Waals surface area contributed by atoms with E-state index in [2.05, 4.69) is 0 Å². The topological polar surface area (TPSA) is 44.8 Å². The van der Waals surface area contributed by atoms with Crippen LogP contribution in [0.5, 0.6) is 0 Å². The highest BCUT2D eigenvalue weighted by molar-refractivity contribution is 5.66. The molecule has 0 radical (unpaired) electrons. The predicted octanol–water partition coefficient (Wildman–Crippen LogP) is 0.229. The molecule has 0 aliphatic carbocycles. The molecule has 1 fully saturated rings. The highest BCUT2D eigenvalue weighted by Gasteiger charge is 2.35. The maximum atomic E-state index is 10.6. The van der Waals surface area contributed by atoms with Crippen LogP contribution in [0.4, 0.5) is 0 Å². The monoisotopic (exact) mass is 170 g/mol. The van der Waals surface area contributed by atoms with Crippen molar-refractivity contribution >= 4 is 5.97 Å². The molecule has 66 valence electrons. The van der Waals surface area contributed by atoms with Crippen LogP contribution in [0.3, 0.4) is 0 Å². The van der Waals surface area contributed by atoms with Gasteiger partial charge in [-0.3, -0.25) is 4.79 Å². The van der Waals surface area contributed by atoms with Gasteiger partial charge in [0.15, 0.2) is 12.4 Å². The average molecular weight is 170 g/mol. The summed E-state index contributed by atoms with van der Waals surface area (Å²) < 4.78 is 15.5. The zero-order valence-electron chi connectivity index (χ0n) is 6.73. The molecule has 12 heavy (non-hydrogen) atoms. The van der Waals surface area contributed by atoms with Crippen molar-refractivity contribution in [2.45, 2.75) is 25.4 Å². The van der Waals surface area contributed by atoms with Gasteiger partial charge in [0.1, 0.15) is 6.10 Å². The Balaban J connectivity index is 2.02. The van der Waals surface area contributed by atoms with Crippen molar-refractivity contribution in [1.82, 2.24) is 0 Å². The number of fused-ring (bicyclic) bond motifs is 2. The van der Waals surface area contributed by atoms with Crippen LogP contribution in [0.1, 0.15) is 6.92 Å². The first-order chi connectivity index (χ1) is 5.75. The zero-order valence-corrected chi connectivity index (χ0v) is 6.73. The Kier molecular flexibility index (Phi) is 1.86. The molecule has 2 aliphatic heterocycles. The molecule has 0 spiro atoms. The van der Waals surface area contributed by atoms with Crippen LogP contribution >= 0.6 is 0 Å². The Labute approximate surface area is 70.1 Å². The minimum Gasteiger partial charge on any atom is -0.453 e. The molecule has 1 unspecified atom stereocenters. The van der Waals surface area contributed by atoms with Crippen molar-refractivity contribution in [3.8, 4) is 0 Å². The van der Waals surface area contributed by atoms with E-state index < -0.39 is 6.29 Å². The minimum absolute atomic E-state index is 0.0433. The fourth-order valence-corrected chi connectivity index (χ4v) is 1.32. The summed E-state index contributed by atoms with van der Waals surface area (Å²) in [5.74, 6) is -0.317. The lowest BCUT2D eigenvalue weighted by Gasteiger charge is -2.21. The molecule has 2 bridgehead atoms. The third-order valence-electron chi connectivity index (χ3n) is 1.82. The summed E-state index contributed by atoms with van der Waals surface area (Å²) in [7, 11) is 0. The fraction of sp³-hybridized carbons (Fsp3) is 0.625. The summed E-state index contributed by atoms with van der Waals surface area (Å²) in [4.78, 5) is 10.6. The maximum absolute atomic E-state index is 10.6. The first-order valence-electron chi connectivity index (χ1n) is 3.88. The first-order valence-corrected chi connectivity index (χ1v) is 3.88. The molecule has 2 aliphatic rings. The molecule has 0 amide bonds. The predicted molar refractivity (Wildman–Crippen MR) is 39.3 cm³/mol. The molecule has 2 rings (SSSR count). The second-order valence-corrected chi connectivity index (χ2v) is 2.84. The molecule has 4 heteroatoms. The second-order valence-electron chi connectivity index (χ2n) is 2.84. The standard InChI is InChI=1S/C8H10O4/c1-5(9)11-7-3-2-6-4-10-8(7)12-6/h2-3,6-8H,4H2,1H3/t6-,7?,8+/m1/s1. The summed E-state index contributed by atoms with van der Waals surface area (Å²) in [5.41, 5.74) is 0. The van der Waals surface area contributed by atoms with Gasteiger partial charge >= 0.3 is 5.97 Å². The molecule has 0 aromatic heterocycles. The Morgan fingerprint density at radius 1 is 1.58 bits per heavy atom. The molecular formula is C8H10O4. The van der Waals surface area contributed by atoms with E-state index in [0.717, 1.165) is 0 Å². The number of carbonyl (C=O) groups excluding carboxylic acids is 1. The maximum Gasteiger partial charge on any atom is 0.303 e. The van der Waals surface area contributed by atoms with Crippen LogP contribution in [-0.4, -0.2) is 31.1 Å². The SMILES string of the molecule is CC(=O)OC1C=C[C@@H]2CO[C@H]1O2. The van der Waals surface area contributed by atoms with Gasteiger partial charge in [-0.25, -0.2) is 0 Å². The molecule has 4 nitrogen and oxygen atoms in total. The van der Waals surface area contributed by atoms with Crippen LogP contribution in [0.25, 0.3) is 0 Å². The van der Waals surface area contributed by atoms with Crippen molar-refractivity contribution in [2.24, 2.45) is 0 Å². The fourth-order valence-electron chi connectivity index (χ4n) is 1.32. The minimum atomic E-state index is -0.399. The lowest BCUT2D eigenvalue weighted by atomic mass is 10.2. The molecule has 0 N–H and O–H groups in total. The van der Waals surface area contributed by atoms with Gasteiger partial charge < -0.3 is 14.2 Å². The summed E-state index contributed by atoms with van der Waals surface area (Å²) in [6.45, 7) is 1.92. The number of carbonyl (C=O) groups is 1. The molecule has 0 aromatic carbocycles. The van der Waals surface area contributed by atoms with E-state index in [1.54, 1.807) is 0 Å². The van der Waals surface area contributed by atoms with Crippen molar-refractivity contribution in [3.63, 3.8) is 0 Å². The van der Waals surface area contributed by atoms with Gasteiger partial charge in [0.25, 0.3) is 0 Å². The quantitative estimate of drug-likeness (QED) is 0.417. The third-order valence-corrected chi connectivity index (χ3v) is 1.82. The van der Waals surface area contributed by atoms with Crippen molar-refractivity contribution in [3.05, 3.63) is 12.2 Å². The van der Waals surface area contributed by atoms with E-state index in [0.29, 0.717) is 6.61 Å². The van der Waals surface area contributed by atoms with E-state index in [-0.39, 0.29) is 18.2 Å². The van der Waals surface area contributed by atoms with Crippen molar-refractivity contribution < 1.29 is 19.0 Å². The van der Waals surface area contributed by atoms with E-state index in [1.165, 1.54) is 6.92 Å². The Morgan fingerprint density at radius 2 is 2.42 bits per heavy atom. The number of ether oxygens (including phenoxy) is 3. The molecule has 0 saturated carbocycles. The summed E-state index contributed by atoms with van der Waals surface area (Å²) in [5, 5.41) is 0. The molecule has 1 saturated heterocycles. The van der Waals surface area contributed by atoms with Gasteiger partial charge in [-0.2, -0.15) is 0 Å².